The Labute approximate surface area is 82.3 Å². The van der Waals surface area contributed by atoms with Crippen LogP contribution in [0.1, 0.15) is 23.5 Å². The van der Waals surface area contributed by atoms with E-state index in [2.05, 4.69) is 0 Å². The van der Waals surface area contributed by atoms with E-state index in [9.17, 15) is 9.90 Å². The number of rotatable bonds is 2. The summed E-state index contributed by atoms with van der Waals surface area (Å²) >= 11 is 0. The molecule has 0 saturated carbocycles. The summed E-state index contributed by atoms with van der Waals surface area (Å²) in [6.07, 6.45) is 1.44. The van der Waals surface area contributed by atoms with Gasteiger partial charge in [-0.1, -0.05) is 6.07 Å². The second-order valence-corrected chi connectivity index (χ2v) is 3.48. The van der Waals surface area contributed by atoms with Crippen molar-refractivity contribution in [1.82, 2.24) is 0 Å². The predicted molar refractivity (Wildman–Crippen MR) is 49.1 cm³/mol. The topological polar surface area (TPSA) is 49.4 Å². The first-order valence-electron chi connectivity index (χ1n) is 4.60. The van der Waals surface area contributed by atoms with Crippen LogP contribution >= 0.6 is 0 Å². The SMILES string of the molecule is COc1ccc2c(c1)CC[C@@H]2C(=O)[O-]. The summed E-state index contributed by atoms with van der Waals surface area (Å²) in [5, 5.41) is 10.8. The summed E-state index contributed by atoms with van der Waals surface area (Å²) < 4.78 is 5.07. The molecule has 14 heavy (non-hydrogen) atoms. The minimum absolute atomic E-state index is 0.434. The van der Waals surface area contributed by atoms with Crippen LogP contribution in [0.3, 0.4) is 0 Å². The molecule has 0 aliphatic heterocycles. The van der Waals surface area contributed by atoms with E-state index in [4.69, 9.17) is 4.74 Å². The fourth-order valence-corrected chi connectivity index (χ4v) is 1.97. The summed E-state index contributed by atoms with van der Waals surface area (Å²) in [5.74, 6) is -0.632. The number of carbonyl (C=O) groups is 1. The number of carboxylic acid groups (broad SMARTS) is 1. The summed E-state index contributed by atoms with van der Waals surface area (Å²) in [7, 11) is 1.60. The van der Waals surface area contributed by atoms with Gasteiger partial charge in [0.2, 0.25) is 0 Å². The predicted octanol–water partition coefficient (Wildman–Crippen LogP) is 0.475. The van der Waals surface area contributed by atoms with Crippen molar-refractivity contribution in [3.05, 3.63) is 29.3 Å². The highest BCUT2D eigenvalue weighted by Crippen LogP contribution is 2.34. The van der Waals surface area contributed by atoms with E-state index in [0.29, 0.717) is 6.42 Å². The van der Waals surface area contributed by atoms with Crippen molar-refractivity contribution < 1.29 is 14.6 Å². The Kier molecular flexibility index (Phi) is 2.15. The third-order valence-electron chi connectivity index (χ3n) is 2.71. The molecule has 0 saturated heterocycles. The zero-order chi connectivity index (χ0) is 10.1. The van der Waals surface area contributed by atoms with Crippen LogP contribution in [0.4, 0.5) is 0 Å². The molecule has 3 nitrogen and oxygen atoms in total. The highest BCUT2D eigenvalue weighted by molar-refractivity contribution is 5.76. The number of ether oxygens (including phenoxy) is 1. The third-order valence-corrected chi connectivity index (χ3v) is 2.71. The van der Waals surface area contributed by atoms with Gasteiger partial charge >= 0.3 is 0 Å². The minimum Gasteiger partial charge on any atom is -0.549 e. The van der Waals surface area contributed by atoms with Gasteiger partial charge < -0.3 is 14.6 Å². The Hall–Kier alpha value is -1.51. The summed E-state index contributed by atoms with van der Waals surface area (Å²) in [5.41, 5.74) is 1.95. The lowest BCUT2D eigenvalue weighted by molar-refractivity contribution is -0.307. The smallest absolute Gasteiger partial charge is 0.119 e. The first-order valence-corrected chi connectivity index (χ1v) is 4.60. The summed E-state index contributed by atoms with van der Waals surface area (Å²) in [6.45, 7) is 0. The Morgan fingerprint density at radius 1 is 1.57 bits per heavy atom. The van der Waals surface area contributed by atoms with E-state index in [-0.39, 0.29) is 0 Å². The molecule has 1 aliphatic carbocycles. The van der Waals surface area contributed by atoms with Crippen molar-refractivity contribution in [2.45, 2.75) is 18.8 Å². The van der Waals surface area contributed by atoms with Gasteiger partial charge in [0, 0.05) is 11.9 Å². The van der Waals surface area contributed by atoms with Crippen molar-refractivity contribution in [3.8, 4) is 5.75 Å². The lowest BCUT2D eigenvalue weighted by Gasteiger charge is -2.12. The Morgan fingerprint density at radius 2 is 2.36 bits per heavy atom. The normalized spacial score (nSPS) is 19.1. The maximum absolute atomic E-state index is 10.8. The number of methoxy groups -OCH3 is 1. The van der Waals surface area contributed by atoms with E-state index >= 15 is 0 Å². The van der Waals surface area contributed by atoms with Gasteiger partial charge in [-0.15, -0.1) is 0 Å². The van der Waals surface area contributed by atoms with Gasteiger partial charge in [0.1, 0.15) is 5.75 Å². The van der Waals surface area contributed by atoms with Crippen LogP contribution in [0.15, 0.2) is 18.2 Å². The Morgan fingerprint density at radius 3 is 3.00 bits per heavy atom. The first kappa shape index (κ1) is 9.06. The number of carboxylic acids is 1. The van der Waals surface area contributed by atoms with Crippen LogP contribution in [0.2, 0.25) is 0 Å². The molecule has 74 valence electrons. The molecule has 1 aromatic rings. The van der Waals surface area contributed by atoms with Crippen LogP contribution < -0.4 is 9.84 Å². The highest BCUT2D eigenvalue weighted by atomic mass is 16.5. The van der Waals surface area contributed by atoms with E-state index in [1.54, 1.807) is 13.2 Å². The van der Waals surface area contributed by atoms with Crippen molar-refractivity contribution in [3.63, 3.8) is 0 Å². The van der Waals surface area contributed by atoms with Crippen molar-refractivity contribution in [2.75, 3.05) is 7.11 Å². The lowest BCUT2D eigenvalue weighted by Crippen LogP contribution is -2.28. The zero-order valence-corrected chi connectivity index (χ0v) is 7.95. The molecule has 3 heteroatoms. The number of hydrogen-bond acceptors (Lipinski definition) is 3. The maximum atomic E-state index is 10.8. The Balaban J connectivity index is 2.38. The fourth-order valence-electron chi connectivity index (χ4n) is 1.97. The van der Waals surface area contributed by atoms with Gasteiger partial charge in [-0.3, -0.25) is 0 Å². The van der Waals surface area contributed by atoms with Crippen molar-refractivity contribution in [1.29, 1.82) is 0 Å². The number of aryl methyl sites for hydroxylation is 1. The van der Waals surface area contributed by atoms with Crippen LogP contribution in [-0.4, -0.2) is 13.1 Å². The highest BCUT2D eigenvalue weighted by Gasteiger charge is 2.23. The molecule has 0 amide bonds. The van der Waals surface area contributed by atoms with Crippen molar-refractivity contribution >= 4 is 5.97 Å². The second kappa shape index (κ2) is 3.33. The second-order valence-electron chi connectivity index (χ2n) is 3.48. The molecule has 0 fully saturated rings. The molecule has 2 rings (SSSR count). The number of carbonyl (C=O) groups excluding carboxylic acids is 1. The molecule has 0 heterocycles. The van der Waals surface area contributed by atoms with E-state index < -0.39 is 11.9 Å². The lowest BCUT2D eigenvalue weighted by atomic mass is 10.0. The van der Waals surface area contributed by atoms with E-state index in [1.807, 2.05) is 12.1 Å². The summed E-state index contributed by atoms with van der Waals surface area (Å²) in [6, 6.07) is 5.51. The van der Waals surface area contributed by atoms with Gasteiger partial charge in [0.05, 0.1) is 7.11 Å². The zero-order valence-electron chi connectivity index (χ0n) is 7.95. The van der Waals surface area contributed by atoms with E-state index in [0.717, 1.165) is 23.3 Å². The molecule has 1 aromatic carbocycles. The third kappa shape index (κ3) is 1.35. The van der Waals surface area contributed by atoms with Crippen molar-refractivity contribution in [2.24, 2.45) is 0 Å². The molecule has 1 aliphatic rings. The molecule has 0 radical (unpaired) electrons. The van der Waals surface area contributed by atoms with Crippen LogP contribution in [0, 0.1) is 0 Å². The number of aliphatic carboxylic acids is 1. The fraction of sp³-hybridized carbons (Fsp3) is 0.364. The van der Waals surface area contributed by atoms with Gasteiger partial charge in [-0.2, -0.15) is 0 Å². The maximum Gasteiger partial charge on any atom is 0.119 e. The minimum atomic E-state index is -0.978. The van der Waals surface area contributed by atoms with Gasteiger partial charge in [-0.05, 0) is 36.1 Å². The van der Waals surface area contributed by atoms with Crippen LogP contribution in [0.25, 0.3) is 0 Å². The average Bonchev–Trinajstić information content (AvgIpc) is 2.59. The molecule has 0 spiro atoms. The van der Waals surface area contributed by atoms with Gasteiger partial charge in [0.25, 0.3) is 0 Å². The Bertz CT molecular complexity index is 371. The molecular formula is C11H11O3-. The number of fused-ring (bicyclic) bond motifs is 1. The molecule has 0 bridgehead atoms. The van der Waals surface area contributed by atoms with Crippen LogP contribution in [-0.2, 0) is 11.2 Å². The first-order chi connectivity index (χ1) is 6.72. The average molecular weight is 191 g/mol. The molecule has 0 unspecified atom stereocenters. The van der Waals surface area contributed by atoms with E-state index in [1.165, 1.54) is 0 Å². The van der Waals surface area contributed by atoms with Gasteiger partial charge in [-0.25, -0.2) is 0 Å². The number of hydrogen-bond donors (Lipinski definition) is 0. The molecule has 0 N–H and O–H groups in total. The van der Waals surface area contributed by atoms with Gasteiger partial charge in [0.15, 0.2) is 0 Å². The standard InChI is InChI=1S/C11H12O3/c1-14-8-3-5-9-7(6-8)2-4-10(9)11(12)13/h3,5-6,10H,2,4H2,1H3,(H,12,13)/p-1/t10-/m0/s1. The van der Waals surface area contributed by atoms with Crippen LogP contribution in [0.5, 0.6) is 5.75 Å². The monoisotopic (exact) mass is 191 g/mol. The summed E-state index contributed by atoms with van der Waals surface area (Å²) in [4.78, 5) is 10.8. The molecule has 1 atom stereocenters. The molecular weight excluding hydrogens is 180 g/mol. The quantitative estimate of drug-likeness (QED) is 0.683. The molecule has 0 aromatic heterocycles. The largest absolute Gasteiger partial charge is 0.549 e. The number of benzene rings is 1.